The molecule has 0 fully saturated rings. The first-order valence-corrected chi connectivity index (χ1v) is 7.79. The van der Waals surface area contributed by atoms with Gasteiger partial charge >= 0.3 is 5.97 Å². The molecule has 1 aromatic carbocycles. The van der Waals surface area contributed by atoms with Crippen molar-refractivity contribution in [3.05, 3.63) is 40.4 Å². The summed E-state index contributed by atoms with van der Waals surface area (Å²) < 4.78 is 0. The number of carboxylic acids is 1. The van der Waals surface area contributed by atoms with Gasteiger partial charge in [-0.15, -0.1) is 11.3 Å². The summed E-state index contributed by atoms with van der Waals surface area (Å²) in [5.41, 5.74) is 0.0869. The lowest BCUT2D eigenvalue weighted by Gasteiger charge is -2.20. The fourth-order valence-electron chi connectivity index (χ4n) is 1.76. The van der Waals surface area contributed by atoms with Crippen LogP contribution in [-0.2, 0) is 16.0 Å². The number of amides is 1. The maximum absolute atomic E-state index is 11.9. The van der Waals surface area contributed by atoms with E-state index in [-0.39, 0.29) is 12.3 Å². The second-order valence-electron chi connectivity index (χ2n) is 5.28. The van der Waals surface area contributed by atoms with Crippen LogP contribution in [0.15, 0.2) is 29.6 Å². The van der Waals surface area contributed by atoms with E-state index in [1.807, 2.05) is 18.2 Å². The zero-order valence-corrected chi connectivity index (χ0v) is 13.7. The minimum atomic E-state index is -1.31. The molecule has 1 aromatic heterocycles. The van der Waals surface area contributed by atoms with Gasteiger partial charge in [-0.2, -0.15) is 0 Å². The Kier molecular flexibility index (Phi) is 4.83. The lowest BCUT2D eigenvalue weighted by atomic mass is 10.1. The van der Waals surface area contributed by atoms with Crippen LogP contribution in [0.2, 0.25) is 5.02 Å². The summed E-state index contributed by atoms with van der Waals surface area (Å²) >= 11 is 7.51. The van der Waals surface area contributed by atoms with Crippen molar-refractivity contribution in [2.24, 2.45) is 0 Å². The highest BCUT2D eigenvalue weighted by Gasteiger charge is 2.29. The molecular formula is C15H15ClN2O3S. The Morgan fingerprint density at radius 3 is 2.68 bits per heavy atom. The molecule has 0 aliphatic heterocycles. The van der Waals surface area contributed by atoms with Crippen LogP contribution < -0.4 is 5.32 Å². The van der Waals surface area contributed by atoms with Crippen molar-refractivity contribution in [1.29, 1.82) is 0 Å². The van der Waals surface area contributed by atoms with Crippen molar-refractivity contribution in [3.8, 4) is 10.6 Å². The maximum Gasteiger partial charge on any atom is 0.328 e. The molecule has 0 saturated carbocycles. The molecule has 2 rings (SSSR count). The van der Waals surface area contributed by atoms with Crippen LogP contribution in [0.25, 0.3) is 10.6 Å². The summed E-state index contributed by atoms with van der Waals surface area (Å²) in [6, 6.07) is 7.34. The van der Waals surface area contributed by atoms with Gasteiger partial charge in [0, 0.05) is 10.9 Å². The molecule has 22 heavy (non-hydrogen) atoms. The average molecular weight is 339 g/mol. The number of rotatable bonds is 5. The first-order chi connectivity index (χ1) is 10.3. The van der Waals surface area contributed by atoms with Gasteiger partial charge in [0.2, 0.25) is 5.91 Å². The summed E-state index contributed by atoms with van der Waals surface area (Å²) in [6.07, 6.45) is 0.0255. The number of hydrogen-bond acceptors (Lipinski definition) is 4. The van der Waals surface area contributed by atoms with E-state index in [1.54, 1.807) is 11.4 Å². The minimum Gasteiger partial charge on any atom is -0.480 e. The molecule has 0 radical (unpaired) electrons. The SMILES string of the molecule is CC(C)(NC(=O)Cc1csc(-c2ccccc2Cl)n1)C(=O)O. The Bertz CT molecular complexity index is 712. The number of thiazole rings is 1. The minimum absolute atomic E-state index is 0.0255. The van der Waals surface area contributed by atoms with Gasteiger partial charge in [-0.25, -0.2) is 9.78 Å². The molecule has 0 spiro atoms. The molecule has 1 amide bonds. The molecule has 0 aliphatic rings. The van der Waals surface area contributed by atoms with E-state index < -0.39 is 11.5 Å². The Hall–Kier alpha value is -1.92. The van der Waals surface area contributed by atoms with Crippen molar-refractivity contribution in [1.82, 2.24) is 10.3 Å². The predicted molar refractivity (Wildman–Crippen MR) is 86.1 cm³/mol. The molecule has 2 aromatic rings. The Labute approximate surface area is 137 Å². The monoisotopic (exact) mass is 338 g/mol. The van der Waals surface area contributed by atoms with Crippen LogP contribution in [-0.4, -0.2) is 27.5 Å². The van der Waals surface area contributed by atoms with Crippen LogP contribution in [0.1, 0.15) is 19.5 Å². The smallest absolute Gasteiger partial charge is 0.328 e. The van der Waals surface area contributed by atoms with Crippen LogP contribution in [0.3, 0.4) is 0 Å². The van der Waals surface area contributed by atoms with E-state index in [0.717, 1.165) is 10.6 Å². The number of nitrogens with zero attached hydrogens (tertiary/aromatic N) is 1. The van der Waals surface area contributed by atoms with Gasteiger partial charge in [-0.3, -0.25) is 4.79 Å². The predicted octanol–water partition coefficient (Wildman–Crippen LogP) is 2.99. The van der Waals surface area contributed by atoms with Crippen LogP contribution in [0.4, 0.5) is 0 Å². The van der Waals surface area contributed by atoms with E-state index in [2.05, 4.69) is 10.3 Å². The summed E-state index contributed by atoms with van der Waals surface area (Å²) in [4.78, 5) is 27.3. The van der Waals surface area contributed by atoms with Gasteiger partial charge in [-0.05, 0) is 19.9 Å². The maximum atomic E-state index is 11.9. The summed E-state index contributed by atoms with van der Waals surface area (Å²) in [7, 11) is 0. The van der Waals surface area contributed by atoms with E-state index in [4.69, 9.17) is 16.7 Å². The van der Waals surface area contributed by atoms with Gasteiger partial charge in [0.15, 0.2) is 0 Å². The number of aliphatic carboxylic acids is 1. The zero-order valence-electron chi connectivity index (χ0n) is 12.1. The standard InChI is InChI=1S/C15H15ClN2O3S/c1-15(2,14(20)21)18-12(19)7-9-8-22-13(17-9)10-5-3-4-6-11(10)16/h3-6,8H,7H2,1-2H3,(H,18,19)(H,20,21). The number of hydrogen-bond donors (Lipinski definition) is 2. The Morgan fingerprint density at radius 1 is 1.36 bits per heavy atom. The second-order valence-corrected chi connectivity index (χ2v) is 6.54. The van der Waals surface area contributed by atoms with E-state index in [9.17, 15) is 9.59 Å². The molecule has 0 bridgehead atoms. The topological polar surface area (TPSA) is 79.3 Å². The summed E-state index contributed by atoms with van der Waals surface area (Å²) in [5, 5.41) is 14.6. The molecule has 0 atom stereocenters. The highest BCUT2D eigenvalue weighted by atomic mass is 35.5. The van der Waals surface area contributed by atoms with Crippen LogP contribution in [0.5, 0.6) is 0 Å². The van der Waals surface area contributed by atoms with Crippen molar-refractivity contribution in [2.45, 2.75) is 25.8 Å². The second kappa shape index (κ2) is 6.46. The van der Waals surface area contributed by atoms with Crippen LogP contribution in [0, 0.1) is 0 Å². The van der Waals surface area contributed by atoms with E-state index in [0.29, 0.717) is 10.7 Å². The first-order valence-electron chi connectivity index (χ1n) is 6.53. The Balaban J connectivity index is 2.08. The quantitative estimate of drug-likeness (QED) is 0.878. The number of carboxylic acid groups (broad SMARTS) is 1. The van der Waals surface area contributed by atoms with Crippen LogP contribution >= 0.6 is 22.9 Å². The molecule has 5 nitrogen and oxygen atoms in total. The molecule has 116 valence electrons. The normalized spacial score (nSPS) is 11.2. The zero-order chi connectivity index (χ0) is 16.3. The molecule has 0 aliphatic carbocycles. The number of aromatic nitrogens is 1. The highest BCUT2D eigenvalue weighted by molar-refractivity contribution is 7.13. The van der Waals surface area contributed by atoms with Crippen molar-refractivity contribution < 1.29 is 14.7 Å². The average Bonchev–Trinajstić information content (AvgIpc) is 2.86. The van der Waals surface area contributed by atoms with Crippen molar-refractivity contribution >= 4 is 34.8 Å². The lowest BCUT2D eigenvalue weighted by molar-refractivity contribution is -0.145. The van der Waals surface area contributed by atoms with Crippen molar-refractivity contribution in [2.75, 3.05) is 0 Å². The molecule has 1 heterocycles. The molecule has 2 N–H and O–H groups in total. The van der Waals surface area contributed by atoms with E-state index in [1.165, 1.54) is 25.2 Å². The molecule has 7 heteroatoms. The van der Waals surface area contributed by atoms with Gasteiger partial charge in [0.25, 0.3) is 0 Å². The molecule has 0 saturated heterocycles. The van der Waals surface area contributed by atoms with Crippen molar-refractivity contribution in [3.63, 3.8) is 0 Å². The van der Waals surface area contributed by atoms with E-state index >= 15 is 0 Å². The number of carbonyl (C=O) groups excluding carboxylic acids is 1. The number of nitrogens with one attached hydrogen (secondary N) is 1. The third-order valence-electron chi connectivity index (χ3n) is 2.98. The summed E-state index contributed by atoms with van der Waals surface area (Å²) in [5.74, 6) is -1.47. The van der Waals surface area contributed by atoms with Gasteiger partial charge < -0.3 is 10.4 Å². The highest BCUT2D eigenvalue weighted by Crippen LogP contribution is 2.30. The third kappa shape index (κ3) is 3.84. The third-order valence-corrected chi connectivity index (χ3v) is 4.24. The Morgan fingerprint density at radius 2 is 2.05 bits per heavy atom. The first kappa shape index (κ1) is 16.5. The summed E-state index contributed by atoms with van der Waals surface area (Å²) in [6.45, 7) is 2.87. The largest absolute Gasteiger partial charge is 0.480 e. The molecule has 0 unspecified atom stereocenters. The van der Waals surface area contributed by atoms with Gasteiger partial charge in [0.05, 0.1) is 17.1 Å². The van der Waals surface area contributed by atoms with Gasteiger partial charge in [0.1, 0.15) is 10.5 Å². The fraction of sp³-hybridized carbons (Fsp3) is 0.267. The number of benzene rings is 1. The molecular weight excluding hydrogens is 324 g/mol. The number of halogens is 1. The number of carbonyl (C=O) groups is 2. The van der Waals surface area contributed by atoms with Gasteiger partial charge in [-0.1, -0.05) is 29.8 Å². The fourth-order valence-corrected chi connectivity index (χ4v) is 2.90. The lowest BCUT2D eigenvalue weighted by Crippen LogP contribution is -2.50.